The molecule has 0 saturated heterocycles. The SMILES string of the molecule is C=C(c1ccc2ccccc2c1)[C@@H]1C=C(C(=O)OCC)S[C@H]1C(=C)c1ccc2ccccc2c1. The number of hydrogen-bond acceptors (Lipinski definition) is 3. The maximum Gasteiger partial charge on any atom is 0.344 e. The van der Waals surface area contributed by atoms with Crippen LogP contribution in [0.2, 0.25) is 0 Å². The second kappa shape index (κ2) is 9.36. The highest BCUT2D eigenvalue weighted by Crippen LogP contribution is 2.48. The van der Waals surface area contributed by atoms with Crippen LogP contribution in [0.5, 0.6) is 0 Å². The van der Waals surface area contributed by atoms with E-state index in [-0.39, 0.29) is 17.1 Å². The predicted molar refractivity (Wildman–Crippen MR) is 146 cm³/mol. The van der Waals surface area contributed by atoms with Crippen molar-refractivity contribution in [2.24, 2.45) is 5.92 Å². The van der Waals surface area contributed by atoms with Gasteiger partial charge >= 0.3 is 5.97 Å². The van der Waals surface area contributed by atoms with Crippen LogP contribution in [0.4, 0.5) is 0 Å². The molecule has 0 amide bonds. The normalized spacial score (nSPS) is 17.5. The van der Waals surface area contributed by atoms with Gasteiger partial charge in [0.05, 0.1) is 11.5 Å². The van der Waals surface area contributed by atoms with Crippen LogP contribution >= 0.6 is 11.8 Å². The quantitative estimate of drug-likeness (QED) is 0.272. The molecular weight excluding hydrogens is 436 g/mol. The molecule has 0 N–H and O–H groups in total. The Labute approximate surface area is 204 Å². The van der Waals surface area contributed by atoms with Crippen LogP contribution in [0, 0.1) is 5.92 Å². The number of rotatable bonds is 6. The molecule has 0 saturated carbocycles. The number of fused-ring (bicyclic) bond motifs is 2. The number of benzene rings is 4. The van der Waals surface area contributed by atoms with Crippen LogP contribution in [-0.4, -0.2) is 17.8 Å². The fourth-order valence-corrected chi connectivity index (χ4v) is 5.85. The number of allylic oxidation sites excluding steroid dienone is 2. The molecule has 4 aromatic rings. The second-order valence-corrected chi connectivity index (χ2v) is 9.67. The van der Waals surface area contributed by atoms with E-state index in [2.05, 4.69) is 73.8 Å². The van der Waals surface area contributed by atoms with Crippen LogP contribution in [0.25, 0.3) is 32.7 Å². The summed E-state index contributed by atoms with van der Waals surface area (Å²) in [6, 6.07) is 29.5. The van der Waals surface area contributed by atoms with Crippen molar-refractivity contribution in [3.8, 4) is 0 Å². The first-order chi connectivity index (χ1) is 16.5. The summed E-state index contributed by atoms with van der Waals surface area (Å²) in [7, 11) is 0. The van der Waals surface area contributed by atoms with Crippen molar-refractivity contribution < 1.29 is 9.53 Å². The standard InChI is InChI=1S/C31H26O2S/c1-4-33-31(32)29-19-28(20(2)24-15-13-22-9-5-7-11-26(22)17-24)30(34-29)21(3)25-16-14-23-10-6-8-12-27(23)18-25/h5-19,28,30H,2-4H2,1H3/t28-,30-/m0/s1. The number of carbonyl (C=O) groups excluding carboxylic acids is 1. The van der Waals surface area contributed by atoms with E-state index in [9.17, 15) is 4.79 Å². The summed E-state index contributed by atoms with van der Waals surface area (Å²) in [5.41, 5.74) is 4.11. The van der Waals surface area contributed by atoms with Gasteiger partial charge in [0.15, 0.2) is 0 Å². The van der Waals surface area contributed by atoms with Gasteiger partial charge in [-0.3, -0.25) is 0 Å². The van der Waals surface area contributed by atoms with Crippen LogP contribution in [0.15, 0.2) is 109 Å². The van der Waals surface area contributed by atoms with Crippen molar-refractivity contribution in [3.05, 3.63) is 120 Å². The summed E-state index contributed by atoms with van der Waals surface area (Å²) in [6.07, 6.45) is 2.01. The van der Waals surface area contributed by atoms with Gasteiger partial charge in [0.25, 0.3) is 0 Å². The zero-order chi connectivity index (χ0) is 23.7. The summed E-state index contributed by atoms with van der Waals surface area (Å²) >= 11 is 1.53. The van der Waals surface area contributed by atoms with Gasteiger partial charge in [0.1, 0.15) is 0 Å². The third-order valence-corrected chi connectivity index (χ3v) is 7.76. The lowest BCUT2D eigenvalue weighted by Gasteiger charge is -2.24. The summed E-state index contributed by atoms with van der Waals surface area (Å²) in [6.45, 7) is 11.1. The summed E-state index contributed by atoms with van der Waals surface area (Å²) in [5, 5.41) is 4.69. The summed E-state index contributed by atoms with van der Waals surface area (Å²) < 4.78 is 5.32. The second-order valence-electron chi connectivity index (χ2n) is 8.49. The van der Waals surface area contributed by atoms with E-state index in [4.69, 9.17) is 4.74 Å². The van der Waals surface area contributed by atoms with Crippen molar-refractivity contribution in [3.63, 3.8) is 0 Å². The van der Waals surface area contributed by atoms with E-state index < -0.39 is 0 Å². The van der Waals surface area contributed by atoms with Crippen LogP contribution in [0.3, 0.4) is 0 Å². The minimum Gasteiger partial charge on any atom is -0.462 e. The molecular formula is C31H26O2S. The maximum atomic E-state index is 12.6. The van der Waals surface area contributed by atoms with Gasteiger partial charge in [-0.15, -0.1) is 11.8 Å². The van der Waals surface area contributed by atoms with E-state index in [0.717, 1.165) is 22.3 Å². The van der Waals surface area contributed by atoms with Crippen molar-refractivity contribution in [2.45, 2.75) is 12.2 Å². The molecule has 1 heterocycles. The minimum absolute atomic E-state index is 0.0421. The smallest absolute Gasteiger partial charge is 0.344 e. The third kappa shape index (κ3) is 4.20. The van der Waals surface area contributed by atoms with E-state index in [0.29, 0.717) is 11.5 Å². The zero-order valence-corrected chi connectivity index (χ0v) is 20.0. The number of thioether (sulfide) groups is 1. The Morgan fingerprint density at radius 1 is 0.794 bits per heavy atom. The Kier molecular flexibility index (Phi) is 6.12. The molecule has 1 aliphatic rings. The Morgan fingerprint density at radius 3 is 1.88 bits per heavy atom. The first-order valence-electron chi connectivity index (χ1n) is 11.5. The molecule has 168 valence electrons. The Bertz CT molecular complexity index is 1460. The van der Waals surface area contributed by atoms with Crippen LogP contribution in [0.1, 0.15) is 18.1 Å². The molecule has 2 nitrogen and oxygen atoms in total. The number of ether oxygens (including phenoxy) is 1. The Balaban J connectivity index is 1.51. The van der Waals surface area contributed by atoms with Gasteiger partial charge in [-0.05, 0) is 62.9 Å². The molecule has 1 aliphatic heterocycles. The number of carbonyl (C=O) groups is 1. The molecule has 0 bridgehead atoms. The van der Waals surface area contributed by atoms with Gasteiger partial charge in [0, 0.05) is 11.2 Å². The summed E-state index contributed by atoms with van der Waals surface area (Å²) in [5.74, 6) is -0.345. The lowest BCUT2D eigenvalue weighted by atomic mass is 9.85. The average Bonchev–Trinajstić information content (AvgIpc) is 3.33. The highest BCUT2D eigenvalue weighted by molar-refractivity contribution is 8.05. The largest absolute Gasteiger partial charge is 0.462 e. The van der Waals surface area contributed by atoms with E-state index in [1.807, 2.05) is 37.3 Å². The van der Waals surface area contributed by atoms with Gasteiger partial charge in [0.2, 0.25) is 0 Å². The van der Waals surface area contributed by atoms with Crippen molar-refractivity contribution in [1.29, 1.82) is 0 Å². The monoisotopic (exact) mass is 462 g/mol. The van der Waals surface area contributed by atoms with E-state index in [1.165, 1.54) is 33.3 Å². The highest BCUT2D eigenvalue weighted by Gasteiger charge is 2.36. The first-order valence-corrected chi connectivity index (χ1v) is 12.3. The molecule has 34 heavy (non-hydrogen) atoms. The molecule has 0 spiro atoms. The molecule has 4 aromatic carbocycles. The summed E-state index contributed by atoms with van der Waals surface area (Å²) in [4.78, 5) is 13.3. The van der Waals surface area contributed by atoms with E-state index in [1.54, 1.807) is 0 Å². The molecule has 5 rings (SSSR count). The molecule has 3 heteroatoms. The van der Waals surface area contributed by atoms with Gasteiger partial charge in [-0.1, -0.05) is 92.0 Å². The lowest BCUT2D eigenvalue weighted by Crippen LogP contribution is -2.15. The Morgan fingerprint density at radius 2 is 1.32 bits per heavy atom. The fourth-order valence-electron chi connectivity index (χ4n) is 4.52. The van der Waals surface area contributed by atoms with Gasteiger partial charge in [-0.25, -0.2) is 4.79 Å². The van der Waals surface area contributed by atoms with Gasteiger partial charge in [-0.2, -0.15) is 0 Å². The number of hydrogen-bond donors (Lipinski definition) is 0. The topological polar surface area (TPSA) is 26.3 Å². The van der Waals surface area contributed by atoms with Crippen molar-refractivity contribution in [1.82, 2.24) is 0 Å². The zero-order valence-electron chi connectivity index (χ0n) is 19.2. The van der Waals surface area contributed by atoms with E-state index >= 15 is 0 Å². The van der Waals surface area contributed by atoms with Crippen molar-refractivity contribution in [2.75, 3.05) is 6.61 Å². The molecule has 0 aliphatic carbocycles. The van der Waals surface area contributed by atoms with Crippen LogP contribution in [-0.2, 0) is 9.53 Å². The Hall–Kier alpha value is -3.56. The van der Waals surface area contributed by atoms with Crippen molar-refractivity contribution >= 4 is 50.4 Å². The molecule has 0 unspecified atom stereocenters. The number of esters is 1. The fraction of sp³-hybridized carbons (Fsp3) is 0.129. The van der Waals surface area contributed by atoms with Crippen LogP contribution < -0.4 is 0 Å². The minimum atomic E-state index is -0.280. The predicted octanol–water partition coefficient (Wildman–Crippen LogP) is 7.90. The highest BCUT2D eigenvalue weighted by atomic mass is 32.2. The first kappa shape index (κ1) is 22.2. The lowest BCUT2D eigenvalue weighted by molar-refractivity contribution is -0.137. The van der Waals surface area contributed by atoms with Gasteiger partial charge < -0.3 is 4.74 Å². The molecule has 0 fully saturated rings. The molecule has 0 radical (unpaired) electrons. The average molecular weight is 463 g/mol. The molecule has 2 atom stereocenters. The maximum absolute atomic E-state index is 12.6. The molecule has 0 aromatic heterocycles. The third-order valence-electron chi connectivity index (χ3n) is 6.37.